The number of aliphatic hydroxyl groups is 1. The second-order valence-electron chi connectivity index (χ2n) is 4.63. The van der Waals surface area contributed by atoms with Crippen LogP contribution in [0.3, 0.4) is 0 Å². The van der Waals surface area contributed by atoms with Crippen molar-refractivity contribution < 1.29 is 9.84 Å². The standard InChI is InChI=1S/C12H21N3O2/c1-17-7-6-15-9-11(8-13-15)14-10-2-4-12(16)5-3-10/h8-10,12,14,16H,2-7H2,1H3. The minimum Gasteiger partial charge on any atom is -0.393 e. The second kappa shape index (κ2) is 6.02. The van der Waals surface area contributed by atoms with Crippen LogP contribution in [-0.4, -0.2) is 40.7 Å². The Bertz CT molecular complexity index is 332. The fourth-order valence-electron chi connectivity index (χ4n) is 2.20. The summed E-state index contributed by atoms with van der Waals surface area (Å²) >= 11 is 0. The number of ether oxygens (including phenoxy) is 1. The summed E-state index contributed by atoms with van der Waals surface area (Å²) in [5.74, 6) is 0. The lowest BCUT2D eigenvalue weighted by Gasteiger charge is -2.26. The van der Waals surface area contributed by atoms with Crippen molar-refractivity contribution >= 4 is 5.69 Å². The number of hydrogen-bond acceptors (Lipinski definition) is 4. The Morgan fingerprint density at radius 2 is 2.24 bits per heavy atom. The summed E-state index contributed by atoms with van der Waals surface area (Å²) in [6.45, 7) is 1.46. The minimum absolute atomic E-state index is 0.0996. The zero-order valence-corrected chi connectivity index (χ0v) is 10.3. The van der Waals surface area contributed by atoms with Crippen LogP contribution in [0.2, 0.25) is 0 Å². The molecule has 0 atom stereocenters. The summed E-state index contributed by atoms with van der Waals surface area (Å²) in [5.41, 5.74) is 1.06. The molecule has 1 aromatic heterocycles. The summed E-state index contributed by atoms with van der Waals surface area (Å²) < 4.78 is 6.89. The first-order chi connectivity index (χ1) is 8.28. The van der Waals surface area contributed by atoms with Gasteiger partial charge in [-0.2, -0.15) is 5.10 Å². The van der Waals surface area contributed by atoms with Crippen molar-refractivity contribution in [3.05, 3.63) is 12.4 Å². The van der Waals surface area contributed by atoms with E-state index >= 15 is 0 Å². The van der Waals surface area contributed by atoms with Crippen LogP contribution in [0.5, 0.6) is 0 Å². The van der Waals surface area contributed by atoms with Crippen LogP contribution >= 0.6 is 0 Å². The molecule has 0 amide bonds. The van der Waals surface area contributed by atoms with E-state index in [0.29, 0.717) is 12.6 Å². The predicted octanol–water partition coefficient (Wildman–Crippen LogP) is 1.24. The van der Waals surface area contributed by atoms with Crippen molar-refractivity contribution in [3.63, 3.8) is 0 Å². The topological polar surface area (TPSA) is 59.3 Å². The van der Waals surface area contributed by atoms with Crippen molar-refractivity contribution in [2.75, 3.05) is 19.0 Å². The monoisotopic (exact) mass is 239 g/mol. The van der Waals surface area contributed by atoms with Gasteiger partial charge in [0.25, 0.3) is 0 Å². The molecule has 0 radical (unpaired) electrons. The van der Waals surface area contributed by atoms with Crippen molar-refractivity contribution in [2.45, 2.75) is 44.4 Å². The van der Waals surface area contributed by atoms with Crippen molar-refractivity contribution in [1.82, 2.24) is 9.78 Å². The molecule has 2 rings (SSSR count). The molecule has 2 N–H and O–H groups in total. The van der Waals surface area contributed by atoms with Crippen molar-refractivity contribution in [2.24, 2.45) is 0 Å². The molecule has 1 heterocycles. The number of nitrogens with zero attached hydrogens (tertiary/aromatic N) is 2. The highest BCUT2D eigenvalue weighted by Crippen LogP contribution is 2.21. The molecule has 1 aliphatic rings. The molecular weight excluding hydrogens is 218 g/mol. The summed E-state index contributed by atoms with van der Waals surface area (Å²) in [7, 11) is 1.69. The first-order valence-corrected chi connectivity index (χ1v) is 6.24. The lowest BCUT2D eigenvalue weighted by molar-refractivity contribution is 0.126. The molecule has 0 saturated heterocycles. The van der Waals surface area contributed by atoms with Gasteiger partial charge in [0.15, 0.2) is 0 Å². The van der Waals surface area contributed by atoms with Crippen LogP contribution < -0.4 is 5.32 Å². The SMILES string of the molecule is COCCn1cc(NC2CCC(O)CC2)cn1. The molecule has 0 aromatic carbocycles. The third-order valence-corrected chi connectivity index (χ3v) is 3.23. The molecule has 17 heavy (non-hydrogen) atoms. The third kappa shape index (κ3) is 3.71. The number of anilines is 1. The Hall–Kier alpha value is -1.07. The van der Waals surface area contributed by atoms with Crippen LogP contribution in [-0.2, 0) is 11.3 Å². The zero-order chi connectivity index (χ0) is 12.1. The van der Waals surface area contributed by atoms with Gasteiger partial charge in [0, 0.05) is 19.3 Å². The fourth-order valence-corrected chi connectivity index (χ4v) is 2.20. The highest BCUT2D eigenvalue weighted by atomic mass is 16.5. The van der Waals surface area contributed by atoms with E-state index in [0.717, 1.165) is 37.9 Å². The van der Waals surface area contributed by atoms with E-state index in [9.17, 15) is 5.11 Å². The summed E-state index contributed by atoms with van der Waals surface area (Å²) in [4.78, 5) is 0. The molecule has 0 spiro atoms. The summed E-state index contributed by atoms with van der Waals surface area (Å²) in [5, 5.41) is 17.2. The van der Waals surface area contributed by atoms with Crippen molar-refractivity contribution in [1.29, 1.82) is 0 Å². The third-order valence-electron chi connectivity index (χ3n) is 3.23. The molecule has 0 aliphatic heterocycles. The van der Waals surface area contributed by atoms with E-state index < -0.39 is 0 Å². The molecule has 0 unspecified atom stereocenters. The number of methoxy groups -OCH3 is 1. The first-order valence-electron chi connectivity index (χ1n) is 6.24. The van der Waals surface area contributed by atoms with Crippen LogP contribution in [0.15, 0.2) is 12.4 Å². The first kappa shape index (κ1) is 12.4. The maximum Gasteiger partial charge on any atom is 0.0728 e. The number of rotatable bonds is 5. The highest BCUT2D eigenvalue weighted by molar-refractivity contribution is 5.39. The summed E-state index contributed by atoms with van der Waals surface area (Å²) in [6.07, 6.45) is 7.61. The lowest BCUT2D eigenvalue weighted by Crippen LogP contribution is -2.28. The normalized spacial score (nSPS) is 24.8. The van der Waals surface area contributed by atoms with Crippen LogP contribution in [0.4, 0.5) is 5.69 Å². The van der Waals surface area contributed by atoms with E-state index in [-0.39, 0.29) is 6.10 Å². The number of aromatic nitrogens is 2. The van der Waals surface area contributed by atoms with Gasteiger partial charge in [-0.05, 0) is 25.7 Å². The predicted molar refractivity (Wildman–Crippen MR) is 66.0 cm³/mol. The Morgan fingerprint density at radius 3 is 2.94 bits per heavy atom. The quantitative estimate of drug-likeness (QED) is 0.811. The number of aliphatic hydroxyl groups excluding tert-OH is 1. The fraction of sp³-hybridized carbons (Fsp3) is 0.750. The Morgan fingerprint density at radius 1 is 1.47 bits per heavy atom. The smallest absolute Gasteiger partial charge is 0.0728 e. The zero-order valence-electron chi connectivity index (χ0n) is 10.3. The maximum atomic E-state index is 9.44. The van der Waals surface area contributed by atoms with E-state index in [1.807, 2.05) is 17.1 Å². The minimum atomic E-state index is -0.0996. The van der Waals surface area contributed by atoms with E-state index in [1.54, 1.807) is 7.11 Å². The van der Waals surface area contributed by atoms with Gasteiger partial charge in [0.1, 0.15) is 0 Å². The van der Waals surface area contributed by atoms with Gasteiger partial charge in [0.2, 0.25) is 0 Å². The van der Waals surface area contributed by atoms with E-state index in [2.05, 4.69) is 10.4 Å². The van der Waals surface area contributed by atoms with Gasteiger partial charge >= 0.3 is 0 Å². The van der Waals surface area contributed by atoms with Gasteiger partial charge in [0.05, 0.1) is 31.1 Å². The van der Waals surface area contributed by atoms with E-state index in [4.69, 9.17) is 4.74 Å². The maximum absolute atomic E-state index is 9.44. The van der Waals surface area contributed by atoms with Crippen molar-refractivity contribution in [3.8, 4) is 0 Å². The summed E-state index contributed by atoms with van der Waals surface area (Å²) in [6, 6.07) is 0.471. The molecule has 0 bridgehead atoms. The molecule has 1 saturated carbocycles. The van der Waals surface area contributed by atoms with Crippen LogP contribution in [0.25, 0.3) is 0 Å². The van der Waals surface area contributed by atoms with Gasteiger partial charge in [-0.25, -0.2) is 0 Å². The molecule has 1 aromatic rings. The van der Waals surface area contributed by atoms with Crippen LogP contribution in [0, 0.1) is 0 Å². The van der Waals surface area contributed by atoms with E-state index in [1.165, 1.54) is 0 Å². The number of hydrogen-bond donors (Lipinski definition) is 2. The average Bonchev–Trinajstić information content (AvgIpc) is 2.77. The van der Waals surface area contributed by atoms with Crippen LogP contribution in [0.1, 0.15) is 25.7 Å². The Balaban J connectivity index is 1.80. The van der Waals surface area contributed by atoms with Gasteiger partial charge in [-0.3, -0.25) is 4.68 Å². The average molecular weight is 239 g/mol. The number of nitrogens with one attached hydrogen (secondary N) is 1. The molecular formula is C12H21N3O2. The molecule has 1 fully saturated rings. The second-order valence-corrected chi connectivity index (χ2v) is 4.63. The Kier molecular flexibility index (Phi) is 4.39. The van der Waals surface area contributed by atoms with Gasteiger partial charge in [-0.15, -0.1) is 0 Å². The van der Waals surface area contributed by atoms with Gasteiger partial charge in [-0.1, -0.05) is 0 Å². The van der Waals surface area contributed by atoms with Gasteiger partial charge < -0.3 is 15.2 Å². The molecule has 1 aliphatic carbocycles. The molecule has 96 valence electrons. The molecule has 5 heteroatoms. The lowest BCUT2D eigenvalue weighted by atomic mass is 9.93. The Labute approximate surface area is 102 Å². The highest BCUT2D eigenvalue weighted by Gasteiger charge is 2.19. The largest absolute Gasteiger partial charge is 0.393 e. The molecule has 5 nitrogen and oxygen atoms in total.